The lowest BCUT2D eigenvalue weighted by Crippen LogP contribution is -1.86. The summed E-state index contributed by atoms with van der Waals surface area (Å²) in [6, 6.07) is 9.76. The van der Waals surface area contributed by atoms with Crippen molar-refractivity contribution in [3.8, 4) is 0 Å². The summed E-state index contributed by atoms with van der Waals surface area (Å²) in [5, 5.41) is -0.416. The Morgan fingerprint density at radius 1 is 1.38 bits per heavy atom. The summed E-state index contributed by atoms with van der Waals surface area (Å²) >= 11 is 5.29. The summed E-state index contributed by atoms with van der Waals surface area (Å²) in [7, 11) is 0. The van der Waals surface area contributed by atoms with Crippen molar-refractivity contribution in [3.63, 3.8) is 0 Å². The third-order valence-corrected chi connectivity index (χ3v) is 1.92. The van der Waals surface area contributed by atoms with Gasteiger partial charge in [0.2, 0.25) is 5.24 Å². The number of halogens is 1. The first-order valence-electron chi connectivity index (χ1n) is 4.19. The van der Waals surface area contributed by atoms with E-state index >= 15 is 0 Å². The molecule has 0 radical (unpaired) electrons. The van der Waals surface area contributed by atoms with Gasteiger partial charge >= 0.3 is 0 Å². The number of carbonyl (C=O) groups is 1. The minimum absolute atomic E-state index is 0.416. The Hall–Kier alpha value is -1.08. The topological polar surface area (TPSA) is 17.1 Å². The average molecular weight is 195 g/mol. The molecule has 1 rings (SSSR count). The van der Waals surface area contributed by atoms with Crippen molar-refractivity contribution in [2.45, 2.75) is 13.3 Å². The summed E-state index contributed by atoms with van der Waals surface area (Å²) in [6.07, 6.45) is 2.28. The third kappa shape index (κ3) is 3.03. The fourth-order valence-corrected chi connectivity index (χ4v) is 1.31. The molecule has 68 valence electrons. The Bertz CT molecular complexity index is 314. The van der Waals surface area contributed by atoms with Crippen LogP contribution in [0, 0.1) is 0 Å². The summed E-state index contributed by atoms with van der Waals surface area (Å²) < 4.78 is 0. The number of rotatable bonds is 3. The lowest BCUT2D eigenvalue weighted by Gasteiger charge is -2.02. The molecule has 13 heavy (non-hydrogen) atoms. The molecular formula is C11H11ClO. The Balaban J connectivity index is 2.98. The van der Waals surface area contributed by atoms with Gasteiger partial charge in [-0.05, 0) is 29.2 Å². The van der Waals surface area contributed by atoms with Gasteiger partial charge < -0.3 is 0 Å². The van der Waals surface area contributed by atoms with Gasteiger partial charge in [0.25, 0.3) is 0 Å². The van der Waals surface area contributed by atoms with Gasteiger partial charge in [0.1, 0.15) is 0 Å². The van der Waals surface area contributed by atoms with Crippen LogP contribution in [0.1, 0.15) is 18.9 Å². The quantitative estimate of drug-likeness (QED) is 0.533. The van der Waals surface area contributed by atoms with Gasteiger partial charge in [0, 0.05) is 6.08 Å². The molecule has 0 bridgehead atoms. The zero-order valence-electron chi connectivity index (χ0n) is 7.46. The maximum absolute atomic E-state index is 10.7. The monoisotopic (exact) mass is 194 g/mol. The van der Waals surface area contributed by atoms with Crippen molar-refractivity contribution in [1.29, 1.82) is 0 Å². The lowest BCUT2D eigenvalue weighted by atomic mass is 10.0. The summed E-state index contributed by atoms with van der Waals surface area (Å²) in [4.78, 5) is 10.7. The SMILES string of the molecule is CC/C(=C/C(=O)Cl)c1ccccc1. The van der Waals surface area contributed by atoms with E-state index in [1.165, 1.54) is 6.08 Å². The van der Waals surface area contributed by atoms with Crippen LogP contribution in [0.25, 0.3) is 5.57 Å². The first kappa shape index (κ1) is 10.0. The highest BCUT2D eigenvalue weighted by Crippen LogP contribution is 2.17. The number of allylic oxidation sites excluding steroid dienone is 2. The Morgan fingerprint density at radius 2 is 2.00 bits per heavy atom. The second-order valence-electron chi connectivity index (χ2n) is 2.69. The Kier molecular flexibility index (Phi) is 3.71. The van der Waals surface area contributed by atoms with Crippen LogP contribution in [-0.4, -0.2) is 5.24 Å². The van der Waals surface area contributed by atoms with E-state index in [0.717, 1.165) is 17.6 Å². The predicted molar refractivity (Wildman–Crippen MR) is 55.6 cm³/mol. The summed E-state index contributed by atoms with van der Waals surface area (Å²) in [5.41, 5.74) is 2.03. The second kappa shape index (κ2) is 4.83. The standard InChI is InChI=1S/C11H11ClO/c1-2-9(8-11(12)13)10-6-4-3-5-7-10/h3-8H,2H2,1H3/b9-8-. The van der Waals surface area contributed by atoms with E-state index in [0.29, 0.717) is 0 Å². The zero-order valence-corrected chi connectivity index (χ0v) is 8.21. The highest BCUT2D eigenvalue weighted by molar-refractivity contribution is 6.67. The summed E-state index contributed by atoms with van der Waals surface area (Å²) in [5.74, 6) is 0. The smallest absolute Gasteiger partial charge is 0.245 e. The fraction of sp³-hybridized carbons (Fsp3) is 0.182. The van der Waals surface area contributed by atoms with E-state index in [9.17, 15) is 4.79 Å². The van der Waals surface area contributed by atoms with Crippen molar-refractivity contribution >= 4 is 22.4 Å². The molecule has 0 saturated heterocycles. The fourth-order valence-electron chi connectivity index (χ4n) is 1.18. The summed E-state index contributed by atoms with van der Waals surface area (Å²) in [6.45, 7) is 2.00. The van der Waals surface area contributed by atoms with Gasteiger partial charge in [0.15, 0.2) is 0 Å². The van der Waals surface area contributed by atoms with Crippen molar-refractivity contribution < 1.29 is 4.79 Å². The van der Waals surface area contributed by atoms with Gasteiger partial charge in [-0.15, -0.1) is 0 Å². The minimum Gasteiger partial charge on any atom is -0.276 e. The molecule has 1 nitrogen and oxygen atoms in total. The zero-order chi connectivity index (χ0) is 9.68. The molecule has 0 aliphatic carbocycles. The maximum Gasteiger partial charge on any atom is 0.245 e. The number of hydrogen-bond donors (Lipinski definition) is 0. The predicted octanol–water partition coefficient (Wildman–Crippen LogP) is 3.25. The second-order valence-corrected chi connectivity index (χ2v) is 3.07. The molecule has 0 unspecified atom stereocenters. The Morgan fingerprint density at radius 3 is 2.46 bits per heavy atom. The molecule has 0 aliphatic heterocycles. The largest absolute Gasteiger partial charge is 0.276 e. The Labute approximate surface area is 83.0 Å². The van der Waals surface area contributed by atoms with E-state index in [1.807, 2.05) is 37.3 Å². The van der Waals surface area contributed by atoms with Crippen molar-refractivity contribution in [3.05, 3.63) is 42.0 Å². The van der Waals surface area contributed by atoms with Crippen molar-refractivity contribution in [1.82, 2.24) is 0 Å². The van der Waals surface area contributed by atoms with Gasteiger partial charge in [-0.1, -0.05) is 37.3 Å². The number of benzene rings is 1. The van der Waals surface area contributed by atoms with Crippen LogP contribution in [0.15, 0.2) is 36.4 Å². The highest BCUT2D eigenvalue weighted by Gasteiger charge is 1.99. The van der Waals surface area contributed by atoms with E-state index in [1.54, 1.807) is 0 Å². The first-order chi connectivity index (χ1) is 6.24. The van der Waals surface area contributed by atoms with Crippen LogP contribution in [0.4, 0.5) is 0 Å². The minimum atomic E-state index is -0.416. The van der Waals surface area contributed by atoms with E-state index in [-0.39, 0.29) is 0 Å². The molecule has 0 saturated carbocycles. The van der Waals surface area contributed by atoms with Gasteiger partial charge in [0.05, 0.1) is 0 Å². The van der Waals surface area contributed by atoms with Crippen LogP contribution >= 0.6 is 11.6 Å². The molecule has 1 aromatic carbocycles. The first-order valence-corrected chi connectivity index (χ1v) is 4.57. The third-order valence-electron chi connectivity index (χ3n) is 1.81. The van der Waals surface area contributed by atoms with Crippen LogP contribution < -0.4 is 0 Å². The van der Waals surface area contributed by atoms with Gasteiger partial charge in [-0.2, -0.15) is 0 Å². The average Bonchev–Trinajstić information content (AvgIpc) is 2.15. The molecule has 2 heteroatoms. The van der Waals surface area contributed by atoms with Gasteiger partial charge in [-0.25, -0.2) is 0 Å². The molecule has 0 aromatic heterocycles. The molecular weight excluding hydrogens is 184 g/mol. The molecule has 0 amide bonds. The van der Waals surface area contributed by atoms with Crippen LogP contribution in [-0.2, 0) is 4.79 Å². The highest BCUT2D eigenvalue weighted by atomic mass is 35.5. The molecule has 0 atom stereocenters. The van der Waals surface area contributed by atoms with Crippen molar-refractivity contribution in [2.75, 3.05) is 0 Å². The van der Waals surface area contributed by atoms with Crippen molar-refractivity contribution in [2.24, 2.45) is 0 Å². The molecule has 0 aliphatic rings. The number of hydrogen-bond acceptors (Lipinski definition) is 1. The maximum atomic E-state index is 10.7. The van der Waals surface area contributed by atoms with Gasteiger partial charge in [-0.3, -0.25) is 4.79 Å². The molecule has 0 heterocycles. The van der Waals surface area contributed by atoms with E-state index < -0.39 is 5.24 Å². The van der Waals surface area contributed by atoms with Crippen LogP contribution in [0.2, 0.25) is 0 Å². The molecule has 0 spiro atoms. The van der Waals surface area contributed by atoms with Crippen LogP contribution in [0.5, 0.6) is 0 Å². The molecule has 0 fully saturated rings. The van der Waals surface area contributed by atoms with Crippen LogP contribution in [0.3, 0.4) is 0 Å². The lowest BCUT2D eigenvalue weighted by molar-refractivity contribution is -0.107. The van der Waals surface area contributed by atoms with E-state index in [2.05, 4.69) is 0 Å². The molecule has 0 N–H and O–H groups in total. The number of carbonyl (C=O) groups excluding carboxylic acids is 1. The normalized spacial score (nSPS) is 11.4. The molecule has 1 aromatic rings. The van der Waals surface area contributed by atoms with E-state index in [4.69, 9.17) is 11.6 Å².